The summed E-state index contributed by atoms with van der Waals surface area (Å²) in [6.07, 6.45) is 2.77. The minimum Gasteiger partial charge on any atom is -0.354 e. The Labute approximate surface area is 206 Å². The van der Waals surface area contributed by atoms with Gasteiger partial charge in [-0.1, -0.05) is 67.2 Å². The molecule has 2 amide bonds. The number of halogens is 2. The van der Waals surface area contributed by atoms with Crippen molar-refractivity contribution < 1.29 is 9.59 Å². The number of hydrogen-bond acceptors (Lipinski definition) is 3. The topological polar surface area (TPSA) is 49.4 Å². The van der Waals surface area contributed by atoms with Crippen molar-refractivity contribution in [2.24, 2.45) is 0 Å². The smallest absolute Gasteiger partial charge is 0.242 e. The molecule has 0 saturated heterocycles. The standard InChI is InChI=1S/C25H32Cl2N2O2S/c1-4-6-14-28-25(31)23(5-2)29(17-19-9-10-20(26)16-22(19)27)24(30)13-15-32-21-11-7-18(3)8-12-21/h7-12,16,23H,4-6,13-15,17H2,1-3H3,(H,28,31)/t23-/m0/s1. The third-order valence-corrected chi connectivity index (χ3v) is 6.78. The van der Waals surface area contributed by atoms with Gasteiger partial charge in [0.15, 0.2) is 0 Å². The van der Waals surface area contributed by atoms with Crippen molar-refractivity contribution in [1.29, 1.82) is 0 Å². The zero-order valence-corrected chi connectivity index (χ0v) is 21.3. The van der Waals surface area contributed by atoms with Crippen LogP contribution < -0.4 is 5.32 Å². The first-order chi connectivity index (χ1) is 15.3. The second kappa shape index (κ2) is 13.8. The molecule has 0 fully saturated rings. The van der Waals surface area contributed by atoms with Gasteiger partial charge >= 0.3 is 0 Å². The number of nitrogens with zero attached hydrogens (tertiary/aromatic N) is 1. The van der Waals surface area contributed by atoms with Gasteiger partial charge in [0, 0.05) is 40.2 Å². The molecule has 0 spiro atoms. The number of carbonyl (C=O) groups excluding carboxylic acids is 2. The lowest BCUT2D eigenvalue weighted by molar-refractivity contribution is -0.141. The number of benzene rings is 2. The Bertz CT molecular complexity index is 890. The highest BCUT2D eigenvalue weighted by atomic mass is 35.5. The number of thioether (sulfide) groups is 1. The van der Waals surface area contributed by atoms with Crippen molar-refractivity contribution in [3.05, 3.63) is 63.6 Å². The number of unbranched alkanes of at least 4 members (excludes halogenated alkanes) is 1. The molecule has 7 heteroatoms. The van der Waals surface area contributed by atoms with Crippen LogP contribution in [0.2, 0.25) is 10.0 Å². The molecule has 0 bridgehead atoms. The lowest BCUT2D eigenvalue weighted by atomic mass is 10.1. The molecule has 2 rings (SSSR count). The fraction of sp³-hybridized carbons (Fsp3) is 0.440. The molecule has 1 atom stereocenters. The number of hydrogen-bond donors (Lipinski definition) is 1. The summed E-state index contributed by atoms with van der Waals surface area (Å²) in [6, 6.07) is 12.9. The zero-order chi connectivity index (χ0) is 23.5. The van der Waals surface area contributed by atoms with Crippen LogP contribution in [-0.2, 0) is 16.1 Å². The monoisotopic (exact) mass is 494 g/mol. The van der Waals surface area contributed by atoms with Crippen LogP contribution in [0.4, 0.5) is 0 Å². The fourth-order valence-corrected chi connectivity index (χ4v) is 4.60. The molecule has 2 aromatic carbocycles. The minimum atomic E-state index is -0.546. The number of amides is 2. The van der Waals surface area contributed by atoms with E-state index in [0.717, 1.165) is 23.3 Å². The molecule has 0 unspecified atom stereocenters. The lowest BCUT2D eigenvalue weighted by Crippen LogP contribution is -2.49. The Morgan fingerprint density at radius 1 is 1.09 bits per heavy atom. The van der Waals surface area contributed by atoms with Crippen molar-refractivity contribution >= 4 is 46.8 Å². The lowest BCUT2D eigenvalue weighted by Gasteiger charge is -2.31. The van der Waals surface area contributed by atoms with Gasteiger partial charge in [0.25, 0.3) is 0 Å². The highest BCUT2D eigenvalue weighted by molar-refractivity contribution is 7.99. The molecule has 32 heavy (non-hydrogen) atoms. The summed E-state index contributed by atoms with van der Waals surface area (Å²) in [5, 5.41) is 4.00. The van der Waals surface area contributed by atoms with Crippen LogP contribution in [0.5, 0.6) is 0 Å². The molecule has 0 aromatic heterocycles. The number of carbonyl (C=O) groups is 2. The molecular weight excluding hydrogens is 463 g/mol. The number of nitrogens with one attached hydrogen (secondary N) is 1. The van der Waals surface area contributed by atoms with Gasteiger partial charge in [0.1, 0.15) is 6.04 Å². The van der Waals surface area contributed by atoms with Crippen LogP contribution in [-0.4, -0.2) is 35.1 Å². The maximum atomic E-state index is 13.3. The Morgan fingerprint density at radius 3 is 2.44 bits per heavy atom. The van der Waals surface area contributed by atoms with Crippen LogP contribution in [0.15, 0.2) is 47.4 Å². The van der Waals surface area contributed by atoms with E-state index in [-0.39, 0.29) is 18.4 Å². The number of rotatable bonds is 12. The molecule has 174 valence electrons. The van der Waals surface area contributed by atoms with E-state index in [1.165, 1.54) is 5.56 Å². The zero-order valence-electron chi connectivity index (χ0n) is 19.0. The van der Waals surface area contributed by atoms with Crippen LogP contribution in [0, 0.1) is 6.92 Å². The van der Waals surface area contributed by atoms with E-state index >= 15 is 0 Å². The molecule has 0 aliphatic heterocycles. The van der Waals surface area contributed by atoms with E-state index in [1.807, 2.05) is 19.9 Å². The van der Waals surface area contributed by atoms with Gasteiger partial charge in [0.05, 0.1) is 0 Å². The van der Waals surface area contributed by atoms with E-state index in [2.05, 4.69) is 36.5 Å². The fourth-order valence-electron chi connectivity index (χ4n) is 3.29. The molecule has 0 heterocycles. The largest absolute Gasteiger partial charge is 0.354 e. The van der Waals surface area contributed by atoms with E-state index in [9.17, 15) is 9.59 Å². The van der Waals surface area contributed by atoms with E-state index in [4.69, 9.17) is 23.2 Å². The Hall–Kier alpha value is -1.69. The average molecular weight is 496 g/mol. The summed E-state index contributed by atoms with van der Waals surface area (Å²) in [5.74, 6) is 0.458. The highest BCUT2D eigenvalue weighted by Gasteiger charge is 2.28. The molecule has 0 saturated carbocycles. The van der Waals surface area contributed by atoms with Crippen molar-refractivity contribution in [3.8, 4) is 0 Å². The van der Waals surface area contributed by atoms with Crippen molar-refractivity contribution in [3.63, 3.8) is 0 Å². The second-order valence-corrected chi connectivity index (χ2v) is 9.75. The Kier molecular flexibility index (Phi) is 11.4. The first-order valence-corrected chi connectivity index (χ1v) is 12.8. The summed E-state index contributed by atoms with van der Waals surface area (Å²) in [7, 11) is 0. The summed E-state index contributed by atoms with van der Waals surface area (Å²) >= 11 is 14.0. The van der Waals surface area contributed by atoms with Gasteiger partial charge in [-0.25, -0.2) is 0 Å². The molecule has 4 nitrogen and oxygen atoms in total. The highest BCUT2D eigenvalue weighted by Crippen LogP contribution is 2.25. The Morgan fingerprint density at radius 2 is 1.81 bits per heavy atom. The third-order valence-electron chi connectivity index (χ3n) is 5.18. The van der Waals surface area contributed by atoms with Gasteiger partial charge in [-0.2, -0.15) is 0 Å². The molecule has 2 aromatic rings. The molecular formula is C25H32Cl2N2O2S. The summed E-state index contributed by atoms with van der Waals surface area (Å²) in [4.78, 5) is 28.9. The molecule has 0 aliphatic carbocycles. The van der Waals surface area contributed by atoms with Gasteiger partial charge in [0.2, 0.25) is 11.8 Å². The van der Waals surface area contributed by atoms with Gasteiger partial charge < -0.3 is 10.2 Å². The predicted molar refractivity (Wildman–Crippen MR) is 136 cm³/mol. The van der Waals surface area contributed by atoms with E-state index in [0.29, 0.717) is 35.2 Å². The van der Waals surface area contributed by atoms with Crippen molar-refractivity contribution in [2.75, 3.05) is 12.3 Å². The maximum Gasteiger partial charge on any atom is 0.242 e. The average Bonchev–Trinajstić information content (AvgIpc) is 2.76. The van der Waals surface area contributed by atoms with Crippen molar-refractivity contribution in [1.82, 2.24) is 10.2 Å². The van der Waals surface area contributed by atoms with E-state index in [1.54, 1.807) is 28.8 Å². The third kappa shape index (κ3) is 8.34. The Balaban J connectivity index is 2.14. The predicted octanol–water partition coefficient (Wildman–Crippen LogP) is 6.51. The first-order valence-electron chi connectivity index (χ1n) is 11.1. The first kappa shape index (κ1) is 26.6. The summed E-state index contributed by atoms with van der Waals surface area (Å²) in [5.41, 5.74) is 1.98. The SMILES string of the molecule is CCCCNC(=O)[C@H](CC)N(Cc1ccc(Cl)cc1Cl)C(=O)CCSc1ccc(C)cc1. The van der Waals surface area contributed by atoms with Gasteiger partial charge in [-0.05, 0) is 49.6 Å². The molecule has 0 aliphatic rings. The van der Waals surface area contributed by atoms with Crippen molar-refractivity contribution in [2.45, 2.75) is 63.9 Å². The minimum absolute atomic E-state index is 0.0619. The quantitative estimate of drug-likeness (QED) is 0.270. The van der Waals surface area contributed by atoms with Crippen LogP contribution in [0.3, 0.4) is 0 Å². The summed E-state index contributed by atoms with van der Waals surface area (Å²) < 4.78 is 0. The second-order valence-electron chi connectivity index (χ2n) is 7.74. The summed E-state index contributed by atoms with van der Waals surface area (Å²) in [6.45, 7) is 6.93. The van der Waals surface area contributed by atoms with Crippen LogP contribution >= 0.6 is 35.0 Å². The normalized spacial score (nSPS) is 11.8. The maximum absolute atomic E-state index is 13.3. The van der Waals surface area contributed by atoms with Gasteiger partial charge in [-0.15, -0.1) is 11.8 Å². The molecule has 1 N–H and O–H groups in total. The van der Waals surface area contributed by atoms with Crippen LogP contribution in [0.1, 0.15) is 50.7 Å². The van der Waals surface area contributed by atoms with Crippen LogP contribution in [0.25, 0.3) is 0 Å². The van der Waals surface area contributed by atoms with E-state index < -0.39 is 6.04 Å². The van der Waals surface area contributed by atoms with Gasteiger partial charge in [-0.3, -0.25) is 9.59 Å². The number of aryl methyl sites for hydroxylation is 1. The molecule has 0 radical (unpaired) electrons.